The quantitative estimate of drug-likeness (QED) is 0.707. The summed E-state index contributed by atoms with van der Waals surface area (Å²) in [6.45, 7) is 5.52. The molecule has 2 N–H and O–H groups in total. The molecule has 2 heterocycles. The molecule has 3 nitrogen and oxygen atoms in total. The van der Waals surface area contributed by atoms with E-state index in [1.165, 1.54) is 32.2 Å². The lowest BCUT2D eigenvalue weighted by atomic mass is 10.1. The number of ether oxygens (including phenoxy) is 1. The van der Waals surface area contributed by atoms with Crippen molar-refractivity contribution in [3.05, 3.63) is 0 Å². The molecule has 3 heteroatoms. The van der Waals surface area contributed by atoms with Crippen molar-refractivity contribution in [1.82, 2.24) is 10.6 Å². The van der Waals surface area contributed by atoms with Gasteiger partial charge < -0.3 is 15.4 Å². The number of piperidine rings is 1. The van der Waals surface area contributed by atoms with Crippen molar-refractivity contribution in [2.45, 2.75) is 50.9 Å². The third-order valence-electron chi connectivity index (χ3n) is 3.25. The fourth-order valence-electron chi connectivity index (χ4n) is 2.36. The van der Waals surface area contributed by atoms with Gasteiger partial charge in [-0.25, -0.2) is 0 Å². The molecule has 3 atom stereocenters. The summed E-state index contributed by atoms with van der Waals surface area (Å²) in [6.07, 6.45) is 6.02. The Bertz CT molecular complexity index is 164. The largest absolute Gasteiger partial charge is 0.374 e. The van der Waals surface area contributed by atoms with Gasteiger partial charge in [0.2, 0.25) is 0 Å². The number of hydrogen-bond acceptors (Lipinski definition) is 3. The van der Waals surface area contributed by atoms with Crippen LogP contribution in [-0.2, 0) is 4.74 Å². The zero-order valence-corrected chi connectivity index (χ0v) is 9.09. The zero-order chi connectivity index (χ0) is 9.80. The molecular formula is C11H22N2O. The first-order valence-electron chi connectivity index (χ1n) is 5.94. The van der Waals surface area contributed by atoms with E-state index in [1.807, 2.05) is 0 Å². The highest BCUT2D eigenvalue weighted by Crippen LogP contribution is 2.18. The van der Waals surface area contributed by atoms with E-state index in [4.69, 9.17) is 4.74 Å². The molecule has 0 spiro atoms. The van der Waals surface area contributed by atoms with Gasteiger partial charge >= 0.3 is 0 Å². The molecule has 0 saturated carbocycles. The average Bonchev–Trinajstić information content (AvgIpc) is 2.63. The highest BCUT2D eigenvalue weighted by atomic mass is 16.5. The van der Waals surface area contributed by atoms with Crippen molar-refractivity contribution in [1.29, 1.82) is 0 Å². The van der Waals surface area contributed by atoms with Crippen LogP contribution < -0.4 is 10.6 Å². The molecule has 0 amide bonds. The summed E-state index contributed by atoms with van der Waals surface area (Å²) in [5, 5.41) is 7.01. The Balaban J connectivity index is 1.61. The summed E-state index contributed by atoms with van der Waals surface area (Å²) < 4.78 is 5.77. The Kier molecular flexibility index (Phi) is 3.79. The molecule has 0 aromatic rings. The third-order valence-corrected chi connectivity index (χ3v) is 3.25. The highest BCUT2D eigenvalue weighted by molar-refractivity contribution is 4.79. The first-order valence-corrected chi connectivity index (χ1v) is 5.94. The maximum Gasteiger partial charge on any atom is 0.0704 e. The topological polar surface area (TPSA) is 33.3 Å². The SMILES string of the molecule is CC1CCC(CNC2CCCNC2)O1. The fourth-order valence-corrected chi connectivity index (χ4v) is 2.36. The molecule has 2 saturated heterocycles. The second kappa shape index (κ2) is 5.10. The maximum absolute atomic E-state index is 5.77. The van der Waals surface area contributed by atoms with E-state index in [2.05, 4.69) is 17.6 Å². The van der Waals surface area contributed by atoms with Crippen molar-refractivity contribution in [2.75, 3.05) is 19.6 Å². The van der Waals surface area contributed by atoms with Gasteiger partial charge in [0.05, 0.1) is 12.2 Å². The summed E-state index contributed by atoms with van der Waals surface area (Å²) in [7, 11) is 0. The summed E-state index contributed by atoms with van der Waals surface area (Å²) in [4.78, 5) is 0. The predicted molar refractivity (Wildman–Crippen MR) is 57.5 cm³/mol. The molecule has 3 unspecified atom stereocenters. The molecule has 0 aliphatic carbocycles. The molecule has 0 radical (unpaired) electrons. The summed E-state index contributed by atoms with van der Waals surface area (Å²) in [6, 6.07) is 0.670. The Morgan fingerprint density at radius 2 is 2.29 bits per heavy atom. The number of rotatable bonds is 3. The summed E-state index contributed by atoms with van der Waals surface area (Å²) >= 11 is 0. The van der Waals surface area contributed by atoms with Gasteiger partial charge in [0, 0.05) is 19.1 Å². The van der Waals surface area contributed by atoms with E-state index in [0.717, 1.165) is 13.1 Å². The third kappa shape index (κ3) is 2.94. The van der Waals surface area contributed by atoms with E-state index in [0.29, 0.717) is 18.2 Å². The molecule has 0 bridgehead atoms. The fraction of sp³-hybridized carbons (Fsp3) is 1.00. The molecule has 2 fully saturated rings. The van der Waals surface area contributed by atoms with Crippen LogP contribution in [0.3, 0.4) is 0 Å². The van der Waals surface area contributed by atoms with Crippen LogP contribution in [0.1, 0.15) is 32.6 Å². The summed E-state index contributed by atoms with van der Waals surface area (Å²) in [5.41, 5.74) is 0. The lowest BCUT2D eigenvalue weighted by molar-refractivity contribution is 0.0538. The molecule has 2 rings (SSSR count). The van der Waals surface area contributed by atoms with E-state index in [9.17, 15) is 0 Å². The first kappa shape index (κ1) is 10.4. The Hall–Kier alpha value is -0.120. The minimum atomic E-state index is 0.465. The average molecular weight is 198 g/mol. The van der Waals surface area contributed by atoms with Crippen LogP contribution in [0, 0.1) is 0 Å². The summed E-state index contributed by atoms with van der Waals surface area (Å²) in [5.74, 6) is 0. The van der Waals surface area contributed by atoms with Gasteiger partial charge in [-0.15, -0.1) is 0 Å². The van der Waals surface area contributed by atoms with Crippen molar-refractivity contribution in [3.63, 3.8) is 0 Å². The van der Waals surface area contributed by atoms with E-state index in [1.54, 1.807) is 0 Å². The van der Waals surface area contributed by atoms with E-state index < -0.39 is 0 Å². The van der Waals surface area contributed by atoms with Gasteiger partial charge in [0.25, 0.3) is 0 Å². The second-order valence-corrected chi connectivity index (χ2v) is 4.60. The minimum Gasteiger partial charge on any atom is -0.374 e. The first-order chi connectivity index (χ1) is 6.84. The second-order valence-electron chi connectivity index (χ2n) is 4.60. The van der Waals surface area contributed by atoms with Gasteiger partial charge in [0.1, 0.15) is 0 Å². The van der Waals surface area contributed by atoms with Crippen molar-refractivity contribution < 1.29 is 4.74 Å². The predicted octanol–water partition coefficient (Wildman–Crippen LogP) is 0.895. The van der Waals surface area contributed by atoms with Crippen LogP contribution in [0.15, 0.2) is 0 Å². The normalized spacial score (nSPS) is 38.8. The van der Waals surface area contributed by atoms with Crippen molar-refractivity contribution in [3.8, 4) is 0 Å². The number of nitrogens with one attached hydrogen (secondary N) is 2. The smallest absolute Gasteiger partial charge is 0.0704 e. The van der Waals surface area contributed by atoms with Crippen LogP contribution in [0.5, 0.6) is 0 Å². The van der Waals surface area contributed by atoms with Crippen LogP contribution in [0.2, 0.25) is 0 Å². The molecule has 2 aliphatic rings. The van der Waals surface area contributed by atoms with Gasteiger partial charge in [-0.1, -0.05) is 0 Å². The Morgan fingerprint density at radius 3 is 2.93 bits per heavy atom. The lowest BCUT2D eigenvalue weighted by Crippen LogP contribution is -2.45. The van der Waals surface area contributed by atoms with Crippen LogP contribution >= 0.6 is 0 Å². The zero-order valence-electron chi connectivity index (χ0n) is 9.09. The van der Waals surface area contributed by atoms with Gasteiger partial charge in [-0.3, -0.25) is 0 Å². The molecule has 82 valence electrons. The van der Waals surface area contributed by atoms with Gasteiger partial charge in [-0.2, -0.15) is 0 Å². The van der Waals surface area contributed by atoms with Crippen molar-refractivity contribution in [2.24, 2.45) is 0 Å². The van der Waals surface area contributed by atoms with Gasteiger partial charge in [0.15, 0.2) is 0 Å². The van der Waals surface area contributed by atoms with E-state index >= 15 is 0 Å². The van der Waals surface area contributed by atoms with Crippen LogP contribution in [-0.4, -0.2) is 37.9 Å². The van der Waals surface area contributed by atoms with Crippen LogP contribution in [0.4, 0.5) is 0 Å². The molecule has 2 aliphatic heterocycles. The monoisotopic (exact) mass is 198 g/mol. The molecular weight excluding hydrogens is 176 g/mol. The Morgan fingerprint density at radius 1 is 1.36 bits per heavy atom. The highest BCUT2D eigenvalue weighted by Gasteiger charge is 2.22. The lowest BCUT2D eigenvalue weighted by Gasteiger charge is -2.25. The minimum absolute atomic E-state index is 0.465. The van der Waals surface area contributed by atoms with Gasteiger partial charge in [-0.05, 0) is 39.2 Å². The Labute approximate surface area is 86.6 Å². The molecule has 14 heavy (non-hydrogen) atoms. The van der Waals surface area contributed by atoms with E-state index in [-0.39, 0.29) is 0 Å². The molecule has 0 aromatic carbocycles. The van der Waals surface area contributed by atoms with Crippen molar-refractivity contribution >= 4 is 0 Å². The maximum atomic E-state index is 5.77. The molecule has 0 aromatic heterocycles. The standard InChI is InChI=1S/C11H22N2O/c1-9-4-5-11(14-9)8-13-10-3-2-6-12-7-10/h9-13H,2-8H2,1H3. The number of hydrogen-bond donors (Lipinski definition) is 2. The van der Waals surface area contributed by atoms with Crippen LogP contribution in [0.25, 0.3) is 0 Å².